The maximum Gasteiger partial charge on any atom is 0.240 e. The van der Waals surface area contributed by atoms with Crippen LogP contribution in [0.25, 0.3) is 0 Å². The van der Waals surface area contributed by atoms with E-state index in [-0.39, 0.29) is 22.9 Å². The summed E-state index contributed by atoms with van der Waals surface area (Å²) in [6.07, 6.45) is -0.453. The van der Waals surface area contributed by atoms with Gasteiger partial charge in [-0.25, -0.2) is 13.1 Å². The van der Waals surface area contributed by atoms with E-state index in [1.54, 1.807) is 12.1 Å². The van der Waals surface area contributed by atoms with Crippen LogP contribution in [0, 0.1) is 0 Å². The number of aliphatic hydroxyl groups is 1. The lowest BCUT2D eigenvalue weighted by atomic mass is 10.1. The van der Waals surface area contributed by atoms with Crippen molar-refractivity contribution in [2.75, 3.05) is 13.7 Å². The highest BCUT2D eigenvalue weighted by Gasteiger charge is 2.16. The average molecular weight is 356 g/mol. The molecule has 0 aromatic heterocycles. The Hall–Kier alpha value is -1.60. The molecule has 0 aliphatic heterocycles. The van der Waals surface area contributed by atoms with E-state index in [2.05, 4.69) is 4.72 Å². The molecule has 0 heterocycles. The third kappa shape index (κ3) is 4.68. The molecule has 23 heavy (non-hydrogen) atoms. The van der Waals surface area contributed by atoms with Crippen molar-refractivity contribution in [2.24, 2.45) is 0 Å². The van der Waals surface area contributed by atoms with Crippen LogP contribution >= 0.6 is 11.6 Å². The standard InChI is InChI=1S/C16H18ClNO4S/c1-22-16-8-7-13(11-14(16)17)23(20,21)18-10-9-15(19)12-5-3-2-4-6-12/h2-8,11,15,18-19H,9-10H2,1H3. The molecule has 0 radical (unpaired) electrons. The lowest BCUT2D eigenvalue weighted by Crippen LogP contribution is -2.26. The highest BCUT2D eigenvalue weighted by Crippen LogP contribution is 2.26. The summed E-state index contributed by atoms with van der Waals surface area (Å²) >= 11 is 5.94. The molecule has 124 valence electrons. The van der Waals surface area contributed by atoms with Crippen LogP contribution in [-0.2, 0) is 10.0 Å². The summed E-state index contributed by atoms with van der Waals surface area (Å²) in [5.41, 5.74) is 0.749. The van der Waals surface area contributed by atoms with Gasteiger partial charge in [0, 0.05) is 6.54 Å². The van der Waals surface area contributed by atoms with Crippen LogP contribution in [0.3, 0.4) is 0 Å². The van der Waals surface area contributed by atoms with E-state index in [0.29, 0.717) is 5.75 Å². The minimum Gasteiger partial charge on any atom is -0.495 e. The van der Waals surface area contributed by atoms with Gasteiger partial charge in [-0.1, -0.05) is 41.9 Å². The molecule has 2 aromatic rings. The molecule has 0 amide bonds. The van der Waals surface area contributed by atoms with Crippen LogP contribution in [0.2, 0.25) is 5.02 Å². The molecule has 0 saturated heterocycles. The number of halogens is 1. The molecule has 0 fully saturated rings. The molecule has 5 nitrogen and oxygen atoms in total. The second-order valence-electron chi connectivity index (χ2n) is 4.91. The number of rotatable bonds is 7. The van der Waals surface area contributed by atoms with Crippen LogP contribution < -0.4 is 9.46 Å². The fourth-order valence-corrected chi connectivity index (χ4v) is 3.47. The first-order valence-electron chi connectivity index (χ1n) is 7.00. The number of sulfonamides is 1. The van der Waals surface area contributed by atoms with Gasteiger partial charge in [-0.2, -0.15) is 0 Å². The maximum atomic E-state index is 12.2. The van der Waals surface area contributed by atoms with E-state index in [1.165, 1.54) is 25.3 Å². The minimum absolute atomic E-state index is 0.0532. The van der Waals surface area contributed by atoms with Crippen LogP contribution in [0.15, 0.2) is 53.4 Å². The van der Waals surface area contributed by atoms with Crippen molar-refractivity contribution in [3.63, 3.8) is 0 Å². The number of aliphatic hydroxyl groups excluding tert-OH is 1. The average Bonchev–Trinajstić information content (AvgIpc) is 2.55. The predicted molar refractivity (Wildman–Crippen MR) is 89.2 cm³/mol. The molecular weight excluding hydrogens is 338 g/mol. The summed E-state index contributed by atoms with van der Waals surface area (Å²) in [6, 6.07) is 13.3. The molecule has 2 N–H and O–H groups in total. The molecular formula is C16H18ClNO4S. The molecule has 0 aliphatic rings. The van der Waals surface area contributed by atoms with Crippen LogP contribution in [0.1, 0.15) is 18.1 Å². The molecule has 1 unspecified atom stereocenters. The van der Waals surface area contributed by atoms with Crippen LogP contribution in [0.5, 0.6) is 5.75 Å². The third-order valence-electron chi connectivity index (χ3n) is 3.33. The zero-order chi connectivity index (χ0) is 16.9. The zero-order valence-corrected chi connectivity index (χ0v) is 14.1. The maximum absolute atomic E-state index is 12.2. The van der Waals surface area contributed by atoms with Gasteiger partial charge in [0.25, 0.3) is 0 Å². The summed E-state index contributed by atoms with van der Waals surface area (Å²) in [7, 11) is -2.23. The second kappa shape index (κ2) is 7.79. The van der Waals surface area contributed by atoms with Crippen molar-refractivity contribution < 1.29 is 18.3 Å². The van der Waals surface area contributed by atoms with Gasteiger partial charge in [0.15, 0.2) is 0 Å². The Labute approximate surface area is 140 Å². The smallest absolute Gasteiger partial charge is 0.240 e. The summed E-state index contributed by atoms with van der Waals surface area (Å²) in [5.74, 6) is 0.408. The number of hydrogen-bond acceptors (Lipinski definition) is 4. The molecule has 7 heteroatoms. The molecule has 0 aliphatic carbocycles. The van der Waals surface area contributed by atoms with E-state index >= 15 is 0 Å². The first kappa shape index (κ1) is 17.7. The Morgan fingerprint density at radius 1 is 1.22 bits per heavy atom. The van der Waals surface area contributed by atoms with E-state index < -0.39 is 16.1 Å². The Morgan fingerprint density at radius 2 is 1.91 bits per heavy atom. The number of methoxy groups -OCH3 is 1. The largest absolute Gasteiger partial charge is 0.495 e. The minimum atomic E-state index is -3.69. The Bertz CT molecular complexity index is 750. The zero-order valence-electron chi connectivity index (χ0n) is 12.6. The first-order valence-corrected chi connectivity index (χ1v) is 8.86. The predicted octanol–water partition coefficient (Wildman–Crippen LogP) is 2.75. The quantitative estimate of drug-likeness (QED) is 0.800. The van der Waals surface area contributed by atoms with Gasteiger partial charge in [-0.05, 0) is 30.2 Å². The molecule has 0 saturated carbocycles. The Morgan fingerprint density at radius 3 is 2.52 bits per heavy atom. The first-order chi connectivity index (χ1) is 10.9. The van der Waals surface area contributed by atoms with Crippen LogP contribution in [0.4, 0.5) is 0 Å². The summed E-state index contributed by atoms with van der Waals surface area (Å²) in [4.78, 5) is 0.0532. The highest BCUT2D eigenvalue weighted by atomic mass is 35.5. The lowest BCUT2D eigenvalue weighted by Gasteiger charge is -2.12. The third-order valence-corrected chi connectivity index (χ3v) is 5.08. The molecule has 2 aromatic carbocycles. The van der Waals surface area contributed by atoms with Gasteiger partial charge in [-0.3, -0.25) is 0 Å². The van der Waals surface area contributed by atoms with Crippen molar-refractivity contribution in [3.8, 4) is 5.75 Å². The van der Waals surface area contributed by atoms with Crippen LogP contribution in [-0.4, -0.2) is 27.2 Å². The second-order valence-corrected chi connectivity index (χ2v) is 7.08. The summed E-state index contributed by atoms with van der Waals surface area (Å²) in [5, 5.41) is 10.2. The van der Waals surface area contributed by atoms with Gasteiger partial charge in [0.2, 0.25) is 10.0 Å². The van der Waals surface area contributed by atoms with E-state index in [0.717, 1.165) is 5.56 Å². The molecule has 0 bridgehead atoms. The SMILES string of the molecule is COc1ccc(S(=O)(=O)NCCC(O)c2ccccc2)cc1Cl. The van der Waals surface area contributed by atoms with Crippen molar-refractivity contribution in [2.45, 2.75) is 17.4 Å². The van der Waals surface area contributed by atoms with Gasteiger partial charge in [-0.15, -0.1) is 0 Å². The Kier molecular flexibility index (Phi) is 6.01. The van der Waals surface area contributed by atoms with E-state index in [4.69, 9.17) is 16.3 Å². The van der Waals surface area contributed by atoms with E-state index in [1.807, 2.05) is 18.2 Å². The summed E-state index contributed by atoms with van der Waals surface area (Å²) < 4.78 is 31.9. The number of ether oxygens (including phenoxy) is 1. The molecule has 0 spiro atoms. The highest BCUT2D eigenvalue weighted by molar-refractivity contribution is 7.89. The van der Waals surface area contributed by atoms with Gasteiger partial charge < -0.3 is 9.84 Å². The van der Waals surface area contributed by atoms with Gasteiger partial charge >= 0.3 is 0 Å². The number of nitrogens with one attached hydrogen (secondary N) is 1. The fourth-order valence-electron chi connectivity index (χ4n) is 2.07. The normalized spacial score (nSPS) is 12.8. The molecule has 1 atom stereocenters. The Balaban J connectivity index is 1.98. The van der Waals surface area contributed by atoms with Crippen molar-refractivity contribution in [1.29, 1.82) is 0 Å². The fraction of sp³-hybridized carbons (Fsp3) is 0.250. The van der Waals surface area contributed by atoms with Gasteiger partial charge in [0.05, 0.1) is 23.1 Å². The van der Waals surface area contributed by atoms with Crippen molar-refractivity contribution in [3.05, 3.63) is 59.1 Å². The van der Waals surface area contributed by atoms with E-state index in [9.17, 15) is 13.5 Å². The number of benzene rings is 2. The van der Waals surface area contributed by atoms with Crippen molar-refractivity contribution >= 4 is 21.6 Å². The monoisotopic (exact) mass is 355 g/mol. The van der Waals surface area contributed by atoms with Crippen molar-refractivity contribution in [1.82, 2.24) is 4.72 Å². The van der Waals surface area contributed by atoms with Gasteiger partial charge in [0.1, 0.15) is 5.75 Å². The lowest BCUT2D eigenvalue weighted by molar-refractivity contribution is 0.169. The topological polar surface area (TPSA) is 75.6 Å². The number of hydrogen-bond donors (Lipinski definition) is 2. The molecule has 2 rings (SSSR count). The summed E-state index contributed by atoms with van der Waals surface area (Å²) in [6.45, 7) is 0.113.